The number of carbonyl (C=O) groups is 1. The lowest BCUT2D eigenvalue weighted by molar-refractivity contribution is -0.114. The number of carbonyl (C=O) groups excluding carboxylic acids is 1. The zero-order chi connectivity index (χ0) is 18.6. The second-order valence-corrected chi connectivity index (χ2v) is 7.73. The van der Waals surface area contributed by atoms with Crippen molar-refractivity contribution < 1.29 is 9.18 Å². The van der Waals surface area contributed by atoms with Gasteiger partial charge in [0.25, 0.3) is 5.91 Å². The van der Waals surface area contributed by atoms with Gasteiger partial charge < -0.3 is 0 Å². The normalized spacial score (nSPS) is 11.3. The lowest BCUT2D eigenvalue weighted by atomic mass is 10.2. The number of hydrogen-bond donors (Lipinski definition) is 0. The molecule has 0 aliphatic carbocycles. The minimum atomic E-state index is -0.319. The van der Waals surface area contributed by atoms with Gasteiger partial charge in [0.1, 0.15) is 5.82 Å². The van der Waals surface area contributed by atoms with Gasteiger partial charge in [-0.05, 0) is 47.4 Å². The largest absolute Gasteiger partial charge is 0.280 e. The average Bonchev–Trinajstić information content (AvgIpc) is 3.34. The lowest BCUT2D eigenvalue weighted by Gasteiger charge is -2.18. The Morgan fingerprint density at radius 3 is 2.93 bits per heavy atom. The lowest BCUT2D eigenvalue weighted by Crippen LogP contribution is -2.28. The molecule has 4 rings (SSSR count). The Balaban J connectivity index is 1.68. The SMILES string of the molecule is O=C(C=Cc1cccs1)N(Cc1cccnc1)c1nc2ccc(F)cc2s1. The van der Waals surface area contributed by atoms with Crippen molar-refractivity contribution in [2.75, 3.05) is 4.90 Å². The van der Waals surface area contributed by atoms with Crippen LogP contribution in [-0.4, -0.2) is 15.9 Å². The molecule has 0 radical (unpaired) electrons. The molecular formula is C20H14FN3OS2. The molecule has 0 atom stereocenters. The maximum Gasteiger partial charge on any atom is 0.253 e. The number of thiazole rings is 1. The summed E-state index contributed by atoms with van der Waals surface area (Å²) in [7, 11) is 0. The number of benzene rings is 1. The van der Waals surface area contributed by atoms with Crippen LogP contribution in [-0.2, 0) is 11.3 Å². The monoisotopic (exact) mass is 395 g/mol. The van der Waals surface area contributed by atoms with Crippen molar-refractivity contribution in [2.45, 2.75) is 6.54 Å². The van der Waals surface area contributed by atoms with Crippen LogP contribution in [0.5, 0.6) is 0 Å². The third-order valence-corrected chi connectivity index (χ3v) is 5.71. The smallest absolute Gasteiger partial charge is 0.253 e. The van der Waals surface area contributed by atoms with Gasteiger partial charge in [-0.2, -0.15) is 0 Å². The van der Waals surface area contributed by atoms with Gasteiger partial charge in [-0.15, -0.1) is 11.3 Å². The van der Waals surface area contributed by atoms with Crippen LogP contribution in [0.1, 0.15) is 10.4 Å². The molecule has 1 amide bonds. The van der Waals surface area contributed by atoms with Gasteiger partial charge in [-0.25, -0.2) is 9.37 Å². The molecule has 0 aliphatic heterocycles. The summed E-state index contributed by atoms with van der Waals surface area (Å²) < 4.78 is 14.2. The summed E-state index contributed by atoms with van der Waals surface area (Å²) in [4.78, 5) is 24.1. The van der Waals surface area contributed by atoms with Crippen molar-refractivity contribution in [1.82, 2.24) is 9.97 Å². The minimum absolute atomic E-state index is 0.188. The van der Waals surface area contributed by atoms with E-state index in [-0.39, 0.29) is 11.7 Å². The first-order valence-electron chi connectivity index (χ1n) is 8.17. The average molecular weight is 395 g/mol. The van der Waals surface area contributed by atoms with Crippen LogP contribution in [0.3, 0.4) is 0 Å². The fourth-order valence-electron chi connectivity index (χ4n) is 2.55. The number of thiophene rings is 1. The quantitative estimate of drug-likeness (QED) is 0.440. The molecule has 3 aromatic heterocycles. The predicted molar refractivity (Wildman–Crippen MR) is 108 cm³/mol. The molecular weight excluding hydrogens is 381 g/mol. The van der Waals surface area contributed by atoms with Crippen LogP contribution < -0.4 is 4.90 Å². The molecule has 1 aromatic carbocycles. The second-order valence-electron chi connectivity index (χ2n) is 5.74. The Morgan fingerprint density at radius 2 is 2.15 bits per heavy atom. The van der Waals surface area contributed by atoms with Crippen molar-refractivity contribution in [3.63, 3.8) is 0 Å². The maximum atomic E-state index is 13.5. The standard InChI is InChI=1S/C20H14FN3OS2/c21-15-5-7-17-18(11-15)27-20(23-17)24(13-14-3-1-9-22-12-14)19(25)8-6-16-4-2-10-26-16/h1-12H,13H2. The molecule has 0 bridgehead atoms. The summed E-state index contributed by atoms with van der Waals surface area (Å²) in [6, 6.07) is 12.0. The van der Waals surface area contributed by atoms with Gasteiger partial charge >= 0.3 is 0 Å². The molecule has 0 saturated carbocycles. The highest BCUT2D eigenvalue weighted by atomic mass is 32.1. The number of anilines is 1. The Hall–Kier alpha value is -2.90. The van der Waals surface area contributed by atoms with E-state index in [0.717, 1.165) is 10.4 Å². The maximum absolute atomic E-state index is 13.5. The third-order valence-electron chi connectivity index (χ3n) is 3.83. The molecule has 7 heteroatoms. The highest BCUT2D eigenvalue weighted by molar-refractivity contribution is 7.22. The molecule has 0 fully saturated rings. The number of aromatic nitrogens is 2. The number of fused-ring (bicyclic) bond motifs is 1. The van der Waals surface area contributed by atoms with Crippen LogP contribution in [0.4, 0.5) is 9.52 Å². The van der Waals surface area contributed by atoms with E-state index in [1.165, 1.54) is 29.5 Å². The number of nitrogens with zero attached hydrogens (tertiary/aromatic N) is 3. The van der Waals surface area contributed by atoms with E-state index >= 15 is 0 Å². The van der Waals surface area contributed by atoms with Crippen molar-refractivity contribution >= 4 is 50.0 Å². The van der Waals surface area contributed by atoms with Crippen LogP contribution in [0, 0.1) is 5.82 Å². The van der Waals surface area contributed by atoms with Crippen molar-refractivity contribution in [2.24, 2.45) is 0 Å². The molecule has 27 heavy (non-hydrogen) atoms. The third kappa shape index (κ3) is 4.10. The van der Waals surface area contributed by atoms with Gasteiger partial charge in [-0.1, -0.05) is 23.5 Å². The fourth-order valence-corrected chi connectivity index (χ4v) is 4.16. The van der Waals surface area contributed by atoms with Gasteiger partial charge in [0.15, 0.2) is 5.13 Å². The van der Waals surface area contributed by atoms with E-state index in [2.05, 4.69) is 9.97 Å². The minimum Gasteiger partial charge on any atom is -0.280 e. The van der Waals surface area contributed by atoms with E-state index in [1.807, 2.05) is 29.6 Å². The number of pyridine rings is 1. The zero-order valence-electron chi connectivity index (χ0n) is 14.1. The molecule has 0 N–H and O–H groups in total. The Labute approximate surface area is 163 Å². The molecule has 0 unspecified atom stereocenters. The number of hydrogen-bond acceptors (Lipinski definition) is 5. The Bertz CT molecular complexity index is 1090. The van der Waals surface area contributed by atoms with E-state index in [0.29, 0.717) is 21.9 Å². The predicted octanol–water partition coefficient (Wildman–Crippen LogP) is 5.14. The molecule has 3 heterocycles. The highest BCUT2D eigenvalue weighted by Crippen LogP contribution is 2.30. The van der Waals surface area contributed by atoms with Crippen LogP contribution >= 0.6 is 22.7 Å². The summed E-state index contributed by atoms with van der Waals surface area (Å²) in [6.07, 6.45) is 6.73. The van der Waals surface area contributed by atoms with E-state index in [9.17, 15) is 9.18 Å². The van der Waals surface area contributed by atoms with Gasteiger partial charge in [0, 0.05) is 23.3 Å². The number of halogens is 1. The summed E-state index contributed by atoms with van der Waals surface area (Å²) in [5.74, 6) is -0.507. The summed E-state index contributed by atoms with van der Waals surface area (Å²) >= 11 is 2.85. The number of amides is 1. The molecule has 0 saturated heterocycles. The zero-order valence-corrected chi connectivity index (χ0v) is 15.7. The highest BCUT2D eigenvalue weighted by Gasteiger charge is 2.19. The van der Waals surface area contributed by atoms with Crippen molar-refractivity contribution in [1.29, 1.82) is 0 Å². The second kappa shape index (κ2) is 7.77. The van der Waals surface area contributed by atoms with Crippen LogP contribution in [0.15, 0.2) is 66.3 Å². The van der Waals surface area contributed by atoms with E-state index in [4.69, 9.17) is 0 Å². The van der Waals surface area contributed by atoms with Crippen LogP contribution in [0.2, 0.25) is 0 Å². The molecule has 0 spiro atoms. The summed E-state index contributed by atoms with van der Waals surface area (Å²) in [6.45, 7) is 0.337. The van der Waals surface area contributed by atoms with Crippen molar-refractivity contribution in [3.05, 3.63) is 82.6 Å². The van der Waals surface area contributed by atoms with Gasteiger partial charge in [0.05, 0.1) is 16.8 Å². The van der Waals surface area contributed by atoms with Gasteiger partial charge in [0.2, 0.25) is 0 Å². The topological polar surface area (TPSA) is 46.1 Å². The first-order chi connectivity index (χ1) is 13.2. The van der Waals surface area contributed by atoms with Crippen LogP contribution in [0.25, 0.3) is 16.3 Å². The van der Waals surface area contributed by atoms with Crippen molar-refractivity contribution in [3.8, 4) is 0 Å². The number of rotatable bonds is 5. The van der Waals surface area contributed by atoms with E-state index in [1.54, 1.807) is 40.8 Å². The molecule has 134 valence electrons. The molecule has 4 nitrogen and oxygen atoms in total. The Kier molecular flexibility index (Phi) is 5.04. The summed E-state index contributed by atoms with van der Waals surface area (Å²) in [5.41, 5.74) is 1.56. The molecule has 4 aromatic rings. The summed E-state index contributed by atoms with van der Waals surface area (Å²) in [5, 5.41) is 2.49. The van der Waals surface area contributed by atoms with E-state index < -0.39 is 0 Å². The Morgan fingerprint density at radius 1 is 1.22 bits per heavy atom. The van der Waals surface area contributed by atoms with Gasteiger partial charge in [-0.3, -0.25) is 14.7 Å². The first kappa shape index (κ1) is 17.5. The fraction of sp³-hybridized carbons (Fsp3) is 0.0500. The first-order valence-corrected chi connectivity index (χ1v) is 9.87. The molecule has 0 aliphatic rings.